The molecule has 0 heterocycles. The van der Waals surface area contributed by atoms with Crippen LogP contribution < -0.4 is 9.47 Å². The van der Waals surface area contributed by atoms with E-state index in [1.165, 1.54) is 17.0 Å². The highest BCUT2D eigenvalue weighted by atomic mass is 19.4. The number of carboxylic acid groups (broad SMARTS) is 1. The first-order valence-corrected chi connectivity index (χ1v) is 12.9. The molecular formula is C28H34F3NO6. The number of ether oxygens (including phenoxy) is 3. The van der Waals surface area contributed by atoms with Crippen molar-refractivity contribution in [1.82, 2.24) is 4.90 Å². The van der Waals surface area contributed by atoms with E-state index in [9.17, 15) is 27.9 Å². The number of aliphatic carboxylic acids is 1. The van der Waals surface area contributed by atoms with Crippen LogP contribution >= 0.6 is 0 Å². The van der Waals surface area contributed by atoms with Gasteiger partial charge in [0.05, 0.1) is 12.1 Å². The number of carbonyl (C=O) groups excluding carboxylic acids is 1. The summed E-state index contributed by atoms with van der Waals surface area (Å²) in [5, 5.41) is 9.25. The Morgan fingerprint density at radius 3 is 2.37 bits per heavy atom. The third kappa shape index (κ3) is 8.93. The van der Waals surface area contributed by atoms with Crippen LogP contribution in [0.3, 0.4) is 0 Å². The minimum Gasteiger partial charge on any atom is -0.492 e. The first kappa shape index (κ1) is 29.3. The molecule has 3 rings (SSSR count). The Kier molecular flexibility index (Phi) is 10.8. The first-order chi connectivity index (χ1) is 18.2. The largest absolute Gasteiger partial charge is 0.492 e. The summed E-state index contributed by atoms with van der Waals surface area (Å²) in [5.74, 6) is -0.789. The lowest BCUT2D eigenvalue weighted by molar-refractivity contribution is -0.150. The van der Waals surface area contributed by atoms with Gasteiger partial charge < -0.3 is 24.2 Å². The molecule has 208 valence electrons. The van der Waals surface area contributed by atoms with Crippen molar-refractivity contribution in [1.29, 1.82) is 0 Å². The number of benzene rings is 2. The number of halogens is 3. The molecule has 1 unspecified atom stereocenters. The van der Waals surface area contributed by atoms with Crippen molar-refractivity contribution in [3.8, 4) is 11.5 Å². The zero-order valence-corrected chi connectivity index (χ0v) is 21.4. The smallest absolute Gasteiger partial charge is 0.419 e. The van der Waals surface area contributed by atoms with Gasteiger partial charge >= 0.3 is 18.2 Å². The summed E-state index contributed by atoms with van der Waals surface area (Å²) in [6.45, 7) is 2.65. The van der Waals surface area contributed by atoms with Gasteiger partial charge in [0.15, 0.2) is 6.10 Å². The Balaban J connectivity index is 1.62. The van der Waals surface area contributed by atoms with Crippen LogP contribution in [0.2, 0.25) is 0 Å². The van der Waals surface area contributed by atoms with Crippen molar-refractivity contribution >= 4 is 12.1 Å². The van der Waals surface area contributed by atoms with E-state index in [0.29, 0.717) is 18.9 Å². The van der Waals surface area contributed by atoms with Crippen LogP contribution in [0, 0.1) is 5.92 Å². The van der Waals surface area contributed by atoms with Crippen molar-refractivity contribution in [2.45, 2.75) is 57.7 Å². The lowest BCUT2D eigenvalue weighted by Crippen LogP contribution is -2.40. The molecule has 1 saturated carbocycles. The molecule has 1 aliphatic carbocycles. The van der Waals surface area contributed by atoms with Gasteiger partial charge in [-0.1, -0.05) is 43.5 Å². The predicted molar refractivity (Wildman–Crippen MR) is 134 cm³/mol. The van der Waals surface area contributed by atoms with Gasteiger partial charge in [0, 0.05) is 19.6 Å². The Hall–Kier alpha value is -3.27. The van der Waals surface area contributed by atoms with E-state index >= 15 is 0 Å². The third-order valence-corrected chi connectivity index (χ3v) is 6.47. The van der Waals surface area contributed by atoms with E-state index in [-0.39, 0.29) is 25.5 Å². The molecule has 0 aromatic heterocycles. The summed E-state index contributed by atoms with van der Waals surface area (Å²) in [6, 6.07) is 11.5. The molecule has 1 fully saturated rings. The van der Waals surface area contributed by atoms with Crippen molar-refractivity contribution < 1.29 is 42.1 Å². The van der Waals surface area contributed by atoms with Gasteiger partial charge in [-0.25, -0.2) is 9.59 Å². The molecule has 2 aromatic carbocycles. The number of hydrogen-bond donors (Lipinski definition) is 1. The first-order valence-electron chi connectivity index (χ1n) is 12.9. The summed E-state index contributed by atoms with van der Waals surface area (Å²) >= 11 is 0. The van der Waals surface area contributed by atoms with E-state index in [4.69, 9.17) is 14.2 Å². The standard InChI is InChI=1S/C28H34F3NO6/c1-2-36-25(26(33)34)18-20-12-14-22(15-13-20)37-17-16-32(19-21-8-4-3-5-9-21)27(35)38-24-11-7-6-10-23(24)28(29,30)31/h6-7,10-15,21,25H,2-5,8-9,16-19H2,1H3,(H,33,34). The number of hydrogen-bond acceptors (Lipinski definition) is 5. The molecule has 1 atom stereocenters. The minimum atomic E-state index is -4.65. The number of rotatable bonds is 12. The van der Waals surface area contributed by atoms with Gasteiger partial charge in [-0.15, -0.1) is 0 Å². The highest BCUT2D eigenvalue weighted by molar-refractivity contribution is 5.73. The van der Waals surface area contributed by atoms with Gasteiger partial charge in [0.1, 0.15) is 18.1 Å². The normalized spacial score (nSPS) is 15.1. The number of carbonyl (C=O) groups is 2. The summed E-state index contributed by atoms with van der Waals surface area (Å²) in [4.78, 5) is 25.7. The summed E-state index contributed by atoms with van der Waals surface area (Å²) in [5.41, 5.74) is -0.235. The summed E-state index contributed by atoms with van der Waals surface area (Å²) in [7, 11) is 0. The maximum absolute atomic E-state index is 13.4. The van der Waals surface area contributed by atoms with Gasteiger partial charge in [0.25, 0.3) is 0 Å². The second kappa shape index (κ2) is 14.0. The summed E-state index contributed by atoms with van der Waals surface area (Å²) in [6.07, 6.45) is -1.07. The fourth-order valence-electron chi connectivity index (χ4n) is 4.52. The number of nitrogens with zero attached hydrogens (tertiary/aromatic N) is 1. The zero-order chi connectivity index (χ0) is 27.5. The quantitative estimate of drug-likeness (QED) is 0.347. The maximum Gasteiger partial charge on any atom is 0.419 e. The van der Waals surface area contributed by atoms with Crippen LogP contribution in [0.4, 0.5) is 18.0 Å². The SMILES string of the molecule is CCOC(Cc1ccc(OCCN(CC2CCCCC2)C(=O)Oc2ccccc2C(F)(F)F)cc1)C(=O)O. The molecular weight excluding hydrogens is 503 g/mol. The van der Waals surface area contributed by atoms with E-state index in [0.717, 1.165) is 49.8 Å². The van der Waals surface area contributed by atoms with Crippen molar-refractivity contribution in [2.24, 2.45) is 5.92 Å². The van der Waals surface area contributed by atoms with Crippen LogP contribution in [0.5, 0.6) is 11.5 Å². The fraction of sp³-hybridized carbons (Fsp3) is 0.500. The molecule has 0 spiro atoms. The maximum atomic E-state index is 13.4. The zero-order valence-electron chi connectivity index (χ0n) is 21.4. The second-order valence-electron chi connectivity index (χ2n) is 9.29. The molecule has 2 aromatic rings. The van der Waals surface area contributed by atoms with Crippen LogP contribution in [0.25, 0.3) is 0 Å². The fourth-order valence-corrected chi connectivity index (χ4v) is 4.52. The molecule has 0 saturated heterocycles. The average Bonchev–Trinajstić information content (AvgIpc) is 2.89. The molecule has 1 N–H and O–H groups in total. The Bertz CT molecular complexity index is 1040. The van der Waals surface area contributed by atoms with Crippen LogP contribution in [-0.2, 0) is 22.1 Å². The lowest BCUT2D eigenvalue weighted by atomic mass is 9.89. The lowest BCUT2D eigenvalue weighted by Gasteiger charge is -2.29. The summed E-state index contributed by atoms with van der Waals surface area (Å²) < 4.78 is 56.4. The predicted octanol–water partition coefficient (Wildman–Crippen LogP) is 6.20. The third-order valence-electron chi connectivity index (χ3n) is 6.47. The molecule has 7 nitrogen and oxygen atoms in total. The number of alkyl halides is 3. The van der Waals surface area contributed by atoms with Gasteiger partial charge in [-0.05, 0) is 55.5 Å². The van der Waals surface area contributed by atoms with Crippen LogP contribution in [-0.4, -0.2) is 54.5 Å². The highest BCUT2D eigenvalue weighted by Gasteiger charge is 2.35. The van der Waals surface area contributed by atoms with E-state index in [2.05, 4.69) is 0 Å². The molecule has 0 aliphatic heterocycles. The van der Waals surface area contributed by atoms with Crippen LogP contribution in [0.1, 0.15) is 50.2 Å². The minimum absolute atomic E-state index is 0.110. The second-order valence-corrected chi connectivity index (χ2v) is 9.29. The van der Waals surface area contributed by atoms with E-state index < -0.39 is 35.7 Å². The van der Waals surface area contributed by atoms with Crippen molar-refractivity contribution in [3.63, 3.8) is 0 Å². The number of para-hydroxylation sites is 1. The van der Waals surface area contributed by atoms with E-state index in [1.807, 2.05) is 0 Å². The van der Waals surface area contributed by atoms with Crippen molar-refractivity contribution in [2.75, 3.05) is 26.3 Å². The molecule has 0 radical (unpaired) electrons. The Labute approximate surface area is 220 Å². The molecule has 1 aliphatic rings. The number of amides is 1. The molecule has 10 heteroatoms. The molecule has 1 amide bonds. The Morgan fingerprint density at radius 1 is 1.05 bits per heavy atom. The topological polar surface area (TPSA) is 85.3 Å². The highest BCUT2D eigenvalue weighted by Crippen LogP contribution is 2.36. The van der Waals surface area contributed by atoms with Gasteiger partial charge in [-0.2, -0.15) is 13.2 Å². The van der Waals surface area contributed by atoms with Gasteiger partial charge in [0.2, 0.25) is 0 Å². The molecule has 0 bridgehead atoms. The van der Waals surface area contributed by atoms with Crippen molar-refractivity contribution in [3.05, 3.63) is 59.7 Å². The average molecular weight is 538 g/mol. The van der Waals surface area contributed by atoms with Gasteiger partial charge in [-0.3, -0.25) is 0 Å². The number of carboxylic acids is 1. The van der Waals surface area contributed by atoms with E-state index in [1.54, 1.807) is 31.2 Å². The molecule has 38 heavy (non-hydrogen) atoms. The monoisotopic (exact) mass is 537 g/mol. The van der Waals surface area contributed by atoms with Crippen LogP contribution in [0.15, 0.2) is 48.5 Å². The Morgan fingerprint density at radius 2 is 1.74 bits per heavy atom.